The maximum absolute atomic E-state index is 13.4. The van der Waals surface area contributed by atoms with E-state index in [-0.39, 0.29) is 29.8 Å². The number of halogens is 2. The second kappa shape index (κ2) is 10.1. The van der Waals surface area contributed by atoms with Crippen LogP contribution in [0.15, 0.2) is 53.7 Å². The third kappa shape index (κ3) is 6.38. The zero-order valence-electron chi connectivity index (χ0n) is 12.2. The highest BCUT2D eigenvalue weighted by Gasteiger charge is 2.00. The normalized spacial score (nSPS) is 10.9. The van der Waals surface area contributed by atoms with Crippen molar-refractivity contribution in [2.45, 2.75) is 12.8 Å². The van der Waals surface area contributed by atoms with Crippen molar-refractivity contribution in [1.82, 2.24) is 10.3 Å². The van der Waals surface area contributed by atoms with Gasteiger partial charge >= 0.3 is 0 Å². The summed E-state index contributed by atoms with van der Waals surface area (Å²) in [5, 5.41) is 2.99. The first-order chi connectivity index (χ1) is 10.3. The molecule has 4 nitrogen and oxygen atoms in total. The number of hydrogen-bond donors (Lipinski definition) is 2. The van der Waals surface area contributed by atoms with E-state index < -0.39 is 0 Å². The average Bonchev–Trinajstić information content (AvgIpc) is 2.50. The zero-order valence-corrected chi connectivity index (χ0v) is 14.5. The number of benzene rings is 1. The summed E-state index contributed by atoms with van der Waals surface area (Å²) in [6.07, 6.45) is 3.08. The molecule has 6 heteroatoms. The first-order valence-corrected chi connectivity index (χ1v) is 6.93. The number of nitrogens with zero attached hydrogens (tertiary/aromatic N) is 2. The predicted octanol–water partition coefficient (Wildman–Crippen LogP) is 2.53. The highest BCUT2D eigenvalue weighted by molar-refractivity contribution is 14.0. The van der Waals surface area contributed by atoms with Crippen LogP contribution >= 0.6 is 24.0 Å². The van der Waals surface area contributed by atoms with Gasteiger partial charge in [-0.25, -0.2) is 4.39 Å². The molecule has 1 aromatic heterocycles. The third-order valence-corrected chi connectivity index (χ3v) is 3.03. The monoisotopic (exact) mass is 414 g/mol. The molecule has 1 heterocycles. The van der Waals surface area contributed by atoms with E-state index >= 15 is 0 Å². The minimum atomic E-state index is -0.190. The third-order valence-electron chi connectivity index (χ3n) is 3.03. The number of aliphatic imine (C=N–C) groups is 1. The molecule has 0 fully saturated rings. The van der Waals surface area contributed by atoms with Crippen LogP contribution < -0.4 is 11.1 Å². The van der Waals surface area contributed by atoms with Crippen molar-refractivity contribution in [2.24, 2.45) is 10.7 Å². The first kappa shape index (κ1) is 18.3. The molecule has 3 N–H and O–H groups in total. The van der Waals surface area contributed by atoms with Crippen molar-refractivity contribution < 1.29 is 4.39 Å². The molecule has 2 rings (SSSR count). The Morgan fingerprint density at radius 1 is 1.14 bits per heavy atom. The molecule has 0 aliphatic rings. The Morgan fingerprint density at radius 3 is 2.64 bits per heavy atom. The standard InChI is InChI=1S/C16H19FN4.HI/c17-15-7-2-1-5-13(15)8-11-20-16(18)21-12-9-14-6-3-4-10-19-14;/h1-7,10H,8-9,11-12H2,(H3,18,20,21);1H. The van der Waals surface area contributed by atoms with Crippen LogP contribution in [-0.2, 0) is 12.8 Å². The molecule has 0 bridgehead atoms. The van der Waals surface area contributed by atoms with E-state index in [2.05, 4.69) is 15.3 Å². The van der Waals surface area contributed by atoms with Crippen molar-refractivity contribution in [3.8, 4) is 0 Å². The van der Waals surface area contributed by atoms with Crippen molar-refractivity contribution in [3.63, 3.8) is 0 Å². The summed E-state index contributed by atoms with van der Waals surface area (Å²) in [7, 11) is 0. The van der Waals surface area contributed by atoms with Crippen LogP contribution in [0.2, 0.25) is 0 Å². The molecule has 2 aromatic rings. The summed E-state index contributed by atoms with van der Waals surface area (Å²) in [4.78, 5) is 8.44. The van der Waals surface area contributed by atoms with Gasteiger partial charge in [0.2, 0.25) is 0 Å². The van der Waals surface area contributed by atoms with Gasteiger partial charge in [-0.2, -0.15) is 0 Å². The second-order valence-corrected chi connectivity index (χ2v) is 4.61. The quantitative estimate of drug-likeness (QED) is 0.434. The summed E-state index contributed by atoms with van der Waals surface area (Å²) < 4.78 is 13.4. The van der Waals surface area contributed by atoms with Crippen LogP contribution in [-0.4, -0.2) is 24.0 Å². The summed E-state index contributed by atoms with van der Waals surface area (Å²) >= 11 is 0. The van der Waals surface area contributed by atoms with Gasteiger partial charge in [0, 0.05) is 31.4 Å². The second-order valence-electron chi connectivity index (χ2n) is 4.61. The van der Waals surface area contributed by atoms with Crippen LogP contribution in [0.3, 0.4) is 0 Å². The van der Waals surface area contributed by atoms with Crippen molar-refractivity contribution in [2.75, 3.05) is 13.1 Å². The van der Waals surface area contributed by atoms with E-state index in [0.717, 1.165) is 12.1 Å². The predicted molar refractivity (Wildman–Crippen MR) is 98.0 cm³/mol. The minimum absolute atomic E-state index is 0. The van der Waals surface area contributed by atoms with Gasteiger partial charge in [-0.15, -0.1) is 24.0 Å². The Labute approximate surface area is 147 Å². The largest absolute Gasteiger partial charge is 0.370 e. The lowest BCUT2D eigenvalue weighted by atomic mass is 10.1. The van der Waals surface area contributed by atoms with Crippen LogP contribution in [0, 0.1) is 5.82 Å². The molecule has 0 aliphatic carbocycles. The minimum Gasteiger partial charge on any atom is -0.370 e. The van der Waals surface area contributed by atoms with E-state index in [4.69, 9.17) is 5.73 Å². The van der Waals surface area contributed by atoms with Crippen LogP contribution in [0.25, 0.3) is 0 Å². The SMILES string of the molecule is I.NC(=NCCc1ccccn1)NCCc1ccccc1F. The van der Waals surface area contributed by atoms with Gasteiger partial charge in [-0.05, 0) is 30.2 Å². The average molecular weight is 414 g/mol. The number of nitrogens with two attached hydrogens (primary N) is 1. The molecular weight excluding hydrogens is 394 g/mol. The van der Waals surface area contributed by atoms with E-state index in [0.29, 0.717) is 31.0 Å². The van der Waals surface area contributed by atoms with Gasteiger partial charge in [-0.3, -0.25) is 9.98 Å². The zero-order chi connectivity index (χ0) is 14.9. The van der Waals surface area contributed by atoms with Crippen molar-refractivity contribution in [1.29, 1.82) is 0 Å². The lowest BCUT2D eigenvalue weighted by Crippen LogP contribution is -2.33. The number of rotatable bonds is 6. The molecule has 0 atom stereocenters. The van der Waals surface area contributed by atoms with Gasteiger partial charge in [0.25, 0.3) is 0 Å². The van der Waals surface area contributed by atoms with Gasteiger partial charge in [0.05, 0.1) is 0 Å². The molecule has 0 unspecified atom stereocenters. The van der Waals surface area contributed by atoms with Crippen LogP contribution in [0.4, 0.5) is 4.39 Å². The summed E-state index contributed by atoms with van der Waals surface area (Å²) in [6.45, 7) is 1.13. The van der Waals surface area contributed by atoms with Gasteiger partial charge in [0.1, 0.15) is 5.82 Å². The van der Waals surface area contributed by atoms with E-state index in [1.807, 2.05) is 24.3 Å². The Kier molecular flexibility index (Phi) is 8.42. The first-order valence-electron chi connectivity index (χ1n) is 6.93. The number of aromatic nitrogens is 1. The molecular formula is C16H20FIN4. The molecule has 0 amide bonds. The fourth-order valence-electron chi connectivity index (χ4n) is 1.92. The summed E-state index contributed by atoms with van der Waals surface area (Å²) in [6, 6.07) is 12.5. The molecule has 0 aliphatic heterocycles. The summed E-state index contributed by atoms with van der Waals surface area (Å²) in [5.74, 6) is 0.187. The van der Waals surface area contributed by atoms with Crippen LogP contribution in [0.1, 0.15) is 11.3 Å². The van der Waals surface area contributed by atoms with Gasteiger partial charge < -0.3 is 11.1 Å². The molecule has 0 saturated heterocycles. The molecule has 0 radical (unpaired) electrons. The maximum atomic E-state index is 13.4. The number of pyridine rings is 1. The van der Waals surface area contributed by atoms with Crippen LogP contribution in [0.5, 0.6) is 0 Å². The fourth-order valence-corrected chi connectivity index (χ4v) is 1.92. The molecule has 0 spiro atoms. The molecule has 22 heavy (non-hydrogen) atoms. The van der Waals surface area contributed by atoms with Crippen molar-refractivity contribution in [3.05, 3.63) is 65.7 Å². The topological polar surface area (TPSA) is 63.3 Å². The molecule has 1 aromatic carbocycles. The Morgan fingerprint density at radius 2 is 1.91 bits per heavy atom. The lowest BCUT2D eigenvalue weighted by Gasteiger charge is -2.06. The number of guanidine groups is 1. The smallest absolute Gasteiger partial charge is 0.188 e. The van der Waals surface area contributed by atoms with E-state index in [1.165, 1.54) is 6.07 Å². The molecule has 0 saturated carbocycles. The Balaban J connectivity index is 0.00000242. The van der Waals surface area contributed by atoms with Crippen molar-refractivity contribution >= 4 is 29.9 Å². The number of nitrogens with one attached hydrogen (secondary N) is 1. The molecule has 118 valence electrons. The fraction of sp³-hybridized carbons (Fsp3) is 0.250. The Hall–Kier alpha value is -1.70. The van der Waals surface area contributed by atoms with Gasteiger partial charge in [-0.1, -0.05) is 24.3 Å². The Bertz CT molecular complexity index is 590. The maximum Gasteiger partial charge on any atom is 0.188 e. The van der Waals surface area contributed by atoms with E-state index in [9.17, 15) is 4.39 Å². The summed E-state index contributed by atoms with van der Waals surface area (Å²) in [5.41, 5.74) is 7.42. The highest BCUT2D eigenvalue weighted by Crippen LogP contribution is 2.05. The van der Waals surface area contributed by atoms with E-state index in [1.54, 1.807) is 18.3 Å². The highest BCUT2D eigenvalue weighted by atomic mass is 127. The number of hydrogen-bond acceptors (Lipinski definition) is 2. The lowest BCUT2D eigenvalue weighted by molar-refractivity contribution is 0.607. The van der Waals surface area contributed by atoms with Gasteiger partial charge in [0.15, 0.2) is 5.96 Å².